The molecule has 0 atom stereocenters. The second kappa shape index (κ2) is 3.54. The van der Waals surface area contributed by atoms with Gasteiger partial charge < -0.3 is 0 Å². The van der Waals surface area contributed by atoms with Gasteiger partial charge in [0, 0.05) is 9.75 Å². The highest BCUT2D eigenvalue weighted by Crippen LogP contribution is 2.30. The molecule has 14 heavy (non-hydrogen) atoms. The van der Waals surface area contributed by atoms with Crippen LogP contribution in [0.4, 0.5) is 4.39 Å². The van der Waals surface area contributed by atoms with Crippen molar-refractivity contribution in [3.05, 3.63) is 45.9 Å². The highest BCUT2D eigenvalue weighted by Gasteiger charge is 2.04. The average molecular weight is 206 g/mol. The Kier molecular flexibility index (Phi) is 2.38. The molecule has 0 saturated heterocycles. The summed E-state index contributed by atoms with van der Waals surface area (Å²) in [6, 6.07) is 8.80. The van der Waals surface area contributed by atoms with E-state index in [2.05, 4.69) is 19.9 Å². The zero-order chi connectivity index (χ0) is 10.1. The van der Waals surface area contributed by atoms with Crippen molar-refractivity contribution in [1.29, 1.82) is 0 Å². The summed E-state index contributed by atoms with van der Waals surface area (Å²) in [5, 5.41) is 0. The standard InChI is InChI=1S/C12H11FS/c1-8-7-12(9(2)14-8)10-3-5-11(13)6-4-10/h3-7H,1-2H3. The first kappa shape index (κ1) is 9.41. The van der Waals surface area contributed by atoms with Crippen molar-refractivity contribution in [2.75, 3.05) is 0 Å². The molecule has 0 aliphatic carbocycles. The van der Waals surface area contributed by atoms with Gasteiger partial charge in [-0.15, -0.1) is 11.3 Å². The number of benzene rings is 1. The maximum absolute atomic E-state index is 12.7. The molecule has 0 nitrogen and oxygen atoms in total. The minimum absolute atomic E-state index is 0.182. The normalized spacial score (nSPS) is 10.5. The second-order valence-corrected chi connectivity index (χ2v) is 4.79. The molecule has 2 rings (SSSR count). The first-order valence-corrected chi connectivity index (χ1v) is 5.31. The van der Waals surface area contributed by atoms with Crippen LogP contribution in [-0.2, 0) is 0 Å². The van der Waals surface area contributed by atoms with E-state index in [-0.39, 0.29) is 5.82 Å². The van der Waals surface area contributed by atoms with E-state index in [1.54, 1.807) is 11.3 Å². The maximum Gasteiger partial charge on any atom is 0.123 e. The van der Waals surface area contributed by atoms with Gasteiger partial charge in [0.05, 0.1) is 0 Å². The molecule has 1 heterocycles. The van der Waals surface area contributed by atoms with Crippen LogP contribution >= 0.6 is 11.3 Å². The SMILES string of the molecule is Cc1cc(-c2ccc(F)cc2)c(C)s1. The van der Waals surface area contributed by atoms with Gasteiger partial charge in [-0.2, -0.15) is 0 Å². The van der Waals surface area contributed by atoms with Crippen molar-refractivity contribution in [1.82, 2.24) is 0 Å². The minimum atomic E-state index is -0.182. The van der Waals surface area contributed by atoms with Crippen LogP contribution in [-0.4, -0.2) is 0 Å². The third-order valence-electron chi connectivity index (χ3n) is 2.20. The summed E-state index contributed by atoms with van der Waals surface area (Å²) in [5.41, 5.74) is 2.31. The maximum atomic E-state index is 12.7. The second-order valence-electron chi connectivity index (χ2n) is 3.33. The van der Waals surface area contributed by atoms with Crippen LogP contribution in [0.5, 0.6) is 0 Å². The molecule has 0 spiro atoms. The Hall–Kier alpha value is -1.15. The number of hydrogen-bond donors (Lipinski definition) is 0. The molecule has 0 unspecified atom stereocenters. The minimum Gasteiger partial charge on any atom is -0.207 e. The van der Waals surface area contributed by atoms with E-state index in [4.69, 9.17) is 0 Å². The first-order chi connectivity index (χ1) is 6.66. The zero-order valence-electron chi connectivity index (χ0n) is 8.17. The summed E-state index contributed by atoms with van der Waals surface area (Å²) in [5.74, 6) is -0.182. The lowest BCUT2D eigenvalue weighted by Crippen LogP contribution is -1.77. The predicted molar refractivity (Wildman–Crippen MR) is 59.2 cm³/mol. The molecular weight excluding hydrogens is 195 g/mol. The van der Waals surface area contributed by atoms with E-state index in [1.165, 1.54) is 27.5 Å². The van der Waals surface area contributed by atoms with E-state index in [0.29, 0.717) is 0 Å². The Labute approximate surface area is 87.0 Å². The average Bonchev–Trinajstić information content (AvgIpc) is 2.47. The van der Waals surface area contributed by atoms with E-state index in [0.717, 1.165) is 5.56 Å². The molecular formula is C12H11FS. The molecule has 2 aromatic rings. The number of halogens is 1. The molecule has 0 aliphatic heterocycles. The van der Waals surface area contributed by atoms with Gasteiger partial charge in [0.2, 0.25) is 0 Å². The van der Waals surface area contributed by atoms with E-state index in [9.17, 15) is 4.39 Å². The van der Waals surface area contributed by atoms with Crippen LogP contribution in [0.3, 0.4) is 0 Å². The van der Waals surface area contributed by atoms with Crippen molar-refractivity contribution >= 4 is 11.3 Å². The predicted octanol–water partition coefficient (Wildman–Crippen LogP) is 4.17. The van der Waals surface area contributed by atoms with E-state index < -0.39 is 0 Å². The van der Waals surface area contributed by atoms with Crippen molar-refractivity contribution in [2.24, 2.45) is 0 Å². The lowest BCUT2D eigenvalue weighted by atomic mass is 10.1. The van der Waals surface area contributed by atoms with E-state index >= 15 is 0 Å². The molecule has 0 fully saturated rings. The molecule has 1 aromatic heterocycles. The molecule has 0 N–H and O–H groups in total. The van der Waals surface area contributed by atoms with Crippen molar-refractivity contribution in [3.63, 3.8) is 0 Å². The van der Waals surface area contributed by atoms with Crippen molar-refractivity contribution in [3.8, 4) is 11.1 Å². The third kappa shape index (κ3) is 1.70. The van der Waals surface area contributed by atoms with Crippen molar-refractivity contribution < 1.29 is 4.39 Å². The van der Waals surface area contributed by atoms with Gasteiger partial charge in [0.25, 0.3) is 0 Å². The lowest BCUT2D eigenvalue weighted by Gasteiger charge is -1.99. The van der Waals surface area contributed by atoms with Gasteiger partial charge in [-0.3, -0.25) is 0 Å². The zero-order valence-corrected chi connectivity index (χ0v) is 8.99. The Morgan fingerprint density at radius 3 is 2.21 bits per heavy atom. The number of thiophene rings is 1. The van der Waals surface area contributed by atoms with Gasteiger partial charge in [0.1, 0.15) is 5.82 Å². The molecule has 72 valence electrons. The molecule has 0 aliphatic rings. The largest absolute Gasteiger partial charge is 0.207 e. The summed E-state index contributed by atoms with van der Waals surface area (Å²) in [6.07, 6.45) is 0. The third-order valence-corrected chi connectivity index (χ3v) is 3.16. The topological polar surface area (TPSA) is 0 Å². The molecule has 0 saturated carbocycles. The monoisotopic (exact) mass is 206 g/mol. The lowest BCUT2D eigenvalue weighted by molar-refractivity contribution is 0.628. The molecule has 1 aromatic carbocycles. The van der Waals surface area contributed by atoms with Gasteiger partial charge >= 0.3 is 0 Å². The summed E-state index contributed by atoms with van der Waals surface area (Å²) in [6.45, 7) is 4.18. The fourth-order valence-electron chi connectivity index (χ4n) is 1.55. The van der Waals surface area contributed by atoms with E-state index in [1.807, 2.05) is 12.1 Å². The van der Waals surface area contributed by atoms with Gasteiger partial charge in [-0.25, -0.2) is 4.39 Å². The smallest absolute Gasteiger partial charge is 0.123 e. The quantitative estimate of drug-likeness (QED) is 0.657. The number of rotatable bonds is 1. The fourth-order valence-corrected chi connectivity index (χ4v) is 2.49. The van der Waals surface area contributed by atoms with Crippen LogP contribution < -0.4 is 0 Å². The number of hydrogen-bond acceptors (Lipinski definition) is 1. The highest BCUT2D eigenvalue weighted by molar-refractivity contribution is 7.12. The van der Waals surface area contributed by atoms with Gasteiger partial charge in [0.15, 0.2) is 0 Å². The first-order valence-electron chi connectivity index (χ1n) is 4.50. The molecule has 0 bridgehead atoms. The summed E-state index contributed by atoms with van der Waals surface area (Å²) >= 11 is 1.77. The van der Waals surface area contributed by atoms with Gasteiger partial charge in [-0.05, 0) is 43.2 Å². The Bertz CT molecular complexity index is 440. The summed E-state index contributed by atoms with van der Waals surface area (Å²) < 4.78 is 12.7. The number of aryl methyl sites for hydroxylation is 2. The van der Waals surface area contributed by atoms with Crippen LogP contribution in [0.2, 0.25) is 0 Å². The fraction of sp³-hybridized carbons (Fsp3) is 0.167. The van der Waals surface area contributed by atoms with Crippen LogP contribution in [0.25, 0.3) is 11.1 Å². The Morgan fingerprint density at radius 2 is 1.71 bits per heavy atom. The van der Waals surface area contributed by atoms with Crippen LogP contribution in [0.15, 0.2) is 30.3 Å². The van der Waals surface area contributed by atoms with Gasteiger partial charge in [-0.1, -0.05) is 12.1 Å². The molecule has 0 radical (unpaired) electrons. The summed E-state index contributed by atoms with van der Waals surface area (Å²) in [7, 11) is 0. The van der Waals surface area contributed by atoms with Crippen molar-refractivity contribution in [2.45, 2.75) is 13.8 Å². The summed E-state index contributed by atoms with van der Waals surface area (Å²) in [4.78, 5) is 2.58. The molecule has 0 amide bonds. The Balaban J connectivity index is 2.49. The van der Waals surface area contributed by atoms with Crippen LogP contribution in [0, 0.1) is 19.7 Å². The molecule has 2 heteroatoms. The highest BCUT2D eigenvalue weighted by atomic mass is 32.1. The Morgan fingerprint density at radius 1 is 1.07 bits per heavy atom. The van der Waals surface area contributed by atoms with Crippen LogP contribution in [0.1, 0.15) is 9.75 Å².